The van der Waals surface area contributed by atoms with E-state index in [0.29, 0.717) is 6.54 Å². The number of aromatic nitrogens is 2. The first-order chi connectivity index (χ1) is 6.20. The van der Waals surface area contributed by atoms with Gasteiger partial charge in [-0.05, 0) is 6.42 Å². The molecule has 0 radical (unpaired) electrons. The van der Waals surface area contributed by atoms with Gasteiger partial charge in [0.2, 0.25) is 0 Å². The van der Waals surface area contributed by atoms with Gasteiger partial charge in [0, 0.05) is 12.1 Å². The van der Waals surface area contributed by atoms with Gasteiger partial charge in [0.1, 0.15) is 5.69 Å². The first-order valence-electron chi connectivity index (χ1n) is 4.14. The summed E-state index contributed by atoms with van der Waals surface area (Å²) in [6.45, 7) is 1.96. The van der Waals surface area contributed by atoms with E-state index < -0.39 is 6.43 Å². The monoisotopic (exact) mass is 190 g/mol. The summed E-state index contributed by atoms with van der Waals surface area (Å²) in [5.41, 5.74) is 0.0489. The normalized spacial score (nSPS) is 11.2. The summed E-state index contributed by atoms with van der Waals surface area (Å²) in [5.74, 6) is 0. The second-order valence-electron chi connectivity index (χ2n) is 2.74. The minimum absolute atomic E-state index is 0.163. The van der Waals surface area contributed by atoms with E-state index >= 15 is 0 Å². The topological polar surface area (TPSA) is 38.0 Å². The molecule has 0 saturated carbocycles. The van der Waals surface area contributed by atoms with Crippen molar-refractivity contribution in [3.63, 3.8) is 0 Å². The summed E-state index contributed by atoms with van der Waals surface area (Å²) in [6.07, 6.45) is -0.542. The van der Waals surface area contributed by atoms with Gasteiger partial charge in [-0.2, -0.15) is 5.10 Å². The quantitative estimate of drug-likeness (QED) is 0.785. The maximum atomic E-state index is 12.5. The number of rotatable bonds is 4. The van der Waals surface area contributed by atoms with Crippen molar-refractivity contribution in [1.82, 2.24) is 9.78 Å². The summed E-state index contributed by atoms with van der Waals surface area (Å²) >= 11 is 0. The minimum Gasteiger partial charge on any atom is -0.392 e. The van der Waals surface area contributed by atoms with Crippen LogP contribution in [0.25, 0.3) is 0 Å². The molecule has 13 heavy (non-hydrogen) atoms. The van der Waals surface area contributed by atoms with Gasteiger partial charge in [-0.1, -0.05) is 6.92 Å². The highest BCUT2D eigenvalue weighted by atomic mass is 19.3. The molecule has 0 unspecified atom stereocenters. The van der Waals surface area contributed by atoms with Crippen LogP contribution >= 0.6 is 0 Å². The number of hydrogen-bond acceptors (Lipinski definition) is 2. The lowest BCUT2D eigenvalue weighted by atomic mass is 10.2. The molecule has 0 amide bonds. The van der Waals surface area contributed by atoms with Crippen molar-refractivity contribution in [3.8, 4) is 0 Å². The molecule has 0 spiro atoms. The van der Waals surface area contributed by atoms with E-state index in [1.165, 1.54) is 10.9 Å². The summed E-state index contributed by atoms with van der Waals surface area (Å²) in [5, 5.41) is 12.5. The van der Waals surface area contributed by atoms with Crippen LogP contribution in [0.4, 0.5) is 8.78 Å². The van der Waals surface area contributed by atoms with Crippen LogP contribution in [0.15, 0.2) is 6.20 Å². The zero-order chi connectivity index (χ0) is 9.84. The van der Waals surface area contributed by atoms with Gasteiger partial charge in [0.25, 0.3) is 6.43 Å². The molecule has 0 saturated heterocycles. The van der Waals surface area contributed by atoms with Crippen LogP contribution in [0.1, 0.15) is 31.0 Å². The van der Waals surface area contributed by atoms with E-state index in [-0.39, 0.29) is 17.9 Å². The fourth-order valence-electron chi connectivity index (χ4n) is 1.20. The van der Waals surface area contributed by atoms with E-state index in [2.05, 4.69) is 5.10 Å². The predicted octanol–water partition coefficient (Wildman–Crippen LogP) is 1.72. The largest absolute Gasteiger partial charge is 0.392 e. The summed E-state index contributed by atoms with van der Waals surface area (Å²) in [7, 11) is 0. The number of aryl methyl sites for hydroxylation is 1. The number of halogens is 2. The molecule has 5 heteroatoms. The Bertz CT molecular complexity index is 273. The third-order valence-electron chi connectivity index (χ3n) is 1.77. The predicted molar refractivity (Wildman–Crippen MR) is 43.4 cm³/mol. The number of aliphatic hydroxyl groups is 1. The molecule has 0 aliphatic carbocycles. The highest BCUT2D eigenvalue weighted by Crippen LogP contribution is 2.22. The molecule has 0 aromatic carbocycles. The molecule has 1 aromatic rings. The molecule has 3 nitrogen and oxygen atoms in total. The van der Waals surface area contributed by atoms with Crippen LogP contribution in [0, 0.1) is 0 Å². The second-order valence-corrected chi connectivity index (χ2v) is 2.74. The fraction of sp³-hybridized carbons (Fsp3) is 0.625. The van der Waals surface area contributed by atoms with Crippen molar-refractivity contribution < 1.29 is 13.9 Å². The standard InChI is InChI=1S/C8H12F2N2O/c1-2-3-12-7(8(9)10)6(5-13)4-11-12/h4,8,13H,2-3,5H2,1H3. The van der Waals surface area contributed by atoms with E-state index in [1.807, 2.05) is 6.92 Å². The maximum Gasteiger partial charge on any atom is 0.280 e. The van der Waals surface area contributed by atoms with Gasteiger partial charge in [-0.25, -0.2) is 8.78 Å². The summed E-state index contributed by atoms with van der Waals surface area (Å²) < 4.78 is 26.2. The average molecular weight is 190 g/mol. The first kappa shape index (κ1) is 10.1. The van der Waals surface area contributed by atoms with E-state index in [0.717, 1.165) is 6.42 Å². The van der Waals surface area contributed by atoms with Crippen molar-refractivity contribution in [2.75, 3.05) is 0 Å². The lowest BCUT2D eigenvalue weighted by Crippen LogP contribution is -2.06. The Balaban J connectivity index is 2.99. The molecule has 1 aromatic heterocycles. The Labute approximate surface area is 75.0 Å². The van der Waals surface area contributed by atoms with Gasteiger partial charge in [-0.3, -0.25) is 4.68 Å². The molecule has 0 aliphatic heterocycles. The van der Waals surface area contributed by atoms with Crippen molar-refractivity contribution in [2.24, 2.45) is 0 Å². The van der Waals surface area contributed by atoms with Crippen LogP contribution in [0.5, 0.6) is 0 Å². The molecule has 1 N–H and O–H groups in total. The van der Waals surface area contributed by atoms with Gasteiger partial charge >= 0.3 is 0 Å². The Morgan fingerprint density at radius 3 is 2.77 bits per heavy atom. The SMILES string of the molecule is CCCn1ncc(CO)c1C(F)F. The molecular formula is C8H12F2N2O. The number of nitrogens with zero attached hydrogens (tertiary/aromatic N) is 2. The molecule has 0 bridgehead atoms. The Morgan fingerprint density at radius 1 is 1.62 bits per heavy atom. The van der Waals surface area contributed by atoms with Crippen LogP contribution in [0.2, 0.25) is 0 Å². The van der Waals surface area contributed by atoms with Gasteiger partial charge in [-0.15, -0.1) is 0 Å². The third-order valence-corrected chi connectivity index (χ3v) is 1.77. The van der Waals surface area contributed by atoms with Crippen LogP contribution < -0.4 is 0 Å². The molecule has 1 heterocycles. The maximum absolute atomic E-state index is 12.5. The Hall–Kier alpha value is -0.970. The summed E-state index contributed by atoms with van der Waals surface area (Å²) in [6, 6.07) is 0. The van der Waals surface area contributed by atoms with Gasteiger partial charge < -0.3 is 5.11 Å². The van der Waals surface area contributed by atoms with E-state index in [1.54, 1.807) is 0 Å². The van der Waals surface area contributed by atoms with E-state index in [4.69, 9.17) is 5.11 Å². The van der Waals surface area contributed by atoms with Crippen molar-refractivity contribution in [3.05, 3.63) is 17.5 Å². The highest BCUT2D eigenvalue weighted by Gasteiger charge is 2.18. The smallest absolute Gasteiger partial charge is 0.280 e. The minimum atomic E-state index is -2.57. The third kappa shape index (κ3) is 2.03. The molecule has 0 aliphatic rings. The molecule has 0 fully saturated rings. The second kappa shape index (κ2) is 4.32. The lowest BCUT2D eigenvalue weighted by molar-refractivity contribution is 0.135. The van der Waals surface area contributed by atoms with Crippen LogP contribution in [0.3, 0.4) is 0 Å². The number of aliphatic hydroxyl groups excluding tert-OH is 1. The van der Waals surface area contributed by atoms with Crippen molar-refractivity contribution >= 4 is 0 Å². The summed E-state index contributed by atoms with van der Waals surface area (Å²) in [4.78, 5) is 0. The first-order valence-corrected chi connectivity index (χ1v) is 4.14. The molecule has 1 rings (SSSR count). The highest BCUT2D eigenvalue weighted by molar-refractivity contribution is 5.17. The zero-order valence-corrected chi connectivity index (χ0v) is 7.37. The lowest BCUT2D eigenvalue weighted by Gasteiger charge is -2.06. The molecular weight excluding hydrogens is 178 g/mol. The van der Waals surface area contributed by atoms with Crippen molar-refractivity contribution in [2.45, 2.75) is 32.9 Å². The van der Waals surface area contributed by atoms with Crippen molar-refractivity contribution in [1.29, 1.82) is 0 Å². The Morgan fingerprint density at radius 2 is 2.31 bits per heavy atom. The van der Waals surface area contributed by atoms with Crippen LogP contribution in [-0.4, -0.2) is 14.9 Å². The van der Waals surface area contributed by atoms with Gasteiger partial charge in [0.15, 0.2) is 0 Å². The fourth-order valence-corrected chi connectivity index (χ4v) is 1.20. The van der Waals surface area contributed by atoms with Crippen LogP contribution in [-0.2, 0) is 13.2 Å². The van der Waals surface area contributed by atoms with E-state index in [9.17, 15) is 8.78 Å². The molecule has 0 atom stereocenters. The van der Waals surface area contributed by atoms with Gasteiger partial charge in [0.05, 0.1) is 12.8 Å². The Kier molecular flexibility index (Phi) is 3.36. The number of alkyl halides is 2. The zero-order valence-electron chi connectivity index (χ0n) is 7.37. The average Bonchev–Trinajstić information content (AvgIpc) is 2.48. The molecule has 74 valence electrons. The number of hydrogen-bond donors (Lipinski definition) is 1.